The van der Waals surface area contributed by atoms with Crippen LogP contribution in [0.4, 0.5) is 11.4 Å². The quantitative estimate of drug-likeness (QED) is 0.614. The second-order valence-electron chi connectivity index (χ2n) is 6.50. The molecule has 0 spiro atoms. The van der Waals surface area contributed by atoms with Crippen molar-refractivity contribution >= 4 is 49.8 Å². The summed E-state index contributed by atoms with van der Waals surface area (Å²) in [6.45, 7) is 1.12. The number of aryl methyl sites for hydroxylation is 1. The Morgan fingerprint density at radius 3 is 2.59 bits per heavy atom. The topological polar surface area (TPSA) is 104 Å². The second kappa shape index (κ2) is 7.84. The van der Waals surface area contributed by atoms with Crippen LogP contribution in [0.2, 0.25) is 5.02 Å². The fraction of sp³-hybridized carbons (Fsp3) is 0.211. The zero-order chi connectivity index (χ0) is 21.3. The van der Waals surface area contributed by atoms with Gasteiger partial charge < -0.3 is 9.67 Å². The molecule has 10 heteroatoms. The summed E-state index contributed by atoms with van der Waals surface area (Å²) < 4.78 is 27.0. The van der Waals surface area contributed by atoms with E-state index in [4.69, 9.17) is 11.6 Å². The third-order valence-electron chi connectivity index (χ3n) is 4.50. The predicted molar refractivity (Wildman–Crippen MR) is 112 cm³/mol. The van der Waals surface area contributed by atoms with E-state index in [-0.39, 0.29) is 17.3 Å². The molecular formula is C19H19ClN4O4S. The van der Waals surface area contributed by atoms with Gasteiger partial charge in [0.1, 0.15) is 6.54 Å². The molecule has 2 aromatic carbocycles. The Morgan fingerprint density at radius 2 is 1.90 bits per heavy atom. The number of azo groups is 1. The highest BCUT2D eigenvalue weighted by molar-refractivity contribution is 7.92. The molecule has 1 N–H and O–H groups in total. The molecule has 0 fully saturated rings. The number of carbonyl (C=O) groups excluding carboxylic acids is 1. The van der Waals surface area contributed by atoms with Gasteiger partial charge in [0.15, 0.2) is 5.69 Å². The molecule has 0 atom stereocenters. The minimum absolute atomic E-state index is 0.140. The largest absolute Gasteiger partial charge is 0.493 e. The number of hydrogen-bond acceptors (Lipinski definition) is 5. The first-order chi connectivity index (χ1) is 13.6. The van der Waals surface area contributed by atoms with Gasteiger partial charge >= 0.3 is 0 Å². The van der Waals surface area contributed by atoms with Crippen molar-refractivity contribution in [1.82, 2.24) is 4.57 Å². The number of anilines is 1. The molecule has 1 aromatic heterocycles. The van der Waals surface area contributed by atoms with Crippen LogP contribution in [0.5, 0.6) is 5.88 Å². The molecule has 1 heterocycles. The van der Waals surface area contributed by atoms with Crippen molar-refractivity contribution in [3.63, 3.8) is 0 Å². The monoisotopic (exact) mass is 434 g/mol. The number of carbonyl (C=O) groups is 1. The molecule has 0 aliphatic carbocycles. The Bertz CT molecular complexity index is 1230. The van der Waals surface area contributed by atoms with E-state index in [1.54, 1.807) is 50.4 Å². The third-order valence-corrected chi connectivity index (χ3v) is 6.03. The Morgan fingerprint density at radius 1 is 1.21 bits per heavy atom. The zero-order valence-corrected chi connectivity index (χ0v) is 17.6. The Kier molecular flexibility index (Phi) is 5.63. The van der Waals surface area contributed by atoms with E-state index in [1.165, 1.54) is 4.57 Å². The number of benzene rings is 2. The number of sulfonamides is 1. The van der Waals surface area contributed by atoms with E-state index in [0.717, 1.165) is 16.1 Å². The van der Waals surface area contributed by atoms with Gasteiger partial charge in [0.05, 0.1) is 17.5 Å². The van der Waals surface area contributed by atoms with Gasteiger partial charge in [0.25, 0.3) is 5.91 Å². The van der Waals surface area contributed by atoms with Crippen LogP contribution in [0.1, 0.15) is 5.56 Å². The van der Waals surface area contributed by atoms with Crippen molar-refractivity contribution in [1.29, 1.82) is 0 Å². The van der Waals surface area contributed by atoms with E-state index in [9.17, 15) is 18.3 Å². The van der Waals surface area contributed by atoms with Gasteiger partial charge in [-0.3, -0.25) is 9.10 Å². The normalized spacial score (nSPS) is 12.0. The van der Waals surface area contributed by atoms with Crippen molar-refractivity contribution in [2.24, 2.45) is 17.3 Å². The van der Waals surface area contributed by atoms with Gasteiger partial charge in [0, 0.05) is 17.5 Å². The lowest BCUT2D eigenvalue weighted by Gasteiger charge is -2.22. The summed E-state index contributed by atoms with van der Waals surface area (Å²) in [4.78, 5) is 12.4. The molecule has 0 saturated carbocycles. The number of halogens is 1. The number of para-hydroxylation sites is 1. The summed E-state index contributed by atoms with van der Waals surface area (Å²) >= 11 is 6.08. The van der Waals surface area contributed by atoms with E-state index < -0.39 is 22.5 Å². The molecule has 152 valence electrons. The average molecular weight is 435 g/mol. The van der Waals surface area contributed by atoms with Crippen LogP contribution < -0.4 is 4.31 Å². The first-order valence-electron chi connectivity index (χ1n) is 8.55. The fourth-order valence-electron chi connectivity index (χ4n) is 2.97. The molecule has 0 unspecified atom stereocenters. The number of aromatic nitrogens is 1. The Labute approximate surface area is 173 Å². The van der Waals surface area contributed by atoms with Gasteiger partial charge in [-0.2, -0.15) is 0 Å². The van der Waals surface area contributed by atoms with E-state index in [1.807, 2.05) is 6.07 Å². The van der Waals surface area contributed by atoms with E-state index in [0.29, 0.717) is 16.0 Å². The summed E-state index contributed by atoms with van der Waals surface area (Å²) in [5, 5.41) is 18.8. The van der Waals surface area contributed by atoms with Gasteiger partial charge in [-0.15, -0.1) is 10.2 Å². The molecule has 0 radical (unpaired) electrons. The van der Waals surface area contributed by atoms with Crippen LogP contribution >= 0.6 is 11.6 Å². The van der Waals surface area contributed by atoms with Crippen molar-refractivity contribution in [3.05, 3.63) is 53.1 Å². The molecule has 0 aliphatic rings. The maximum atomic E-state index is 12.4. The first-order valence-corrected chi connectivity index (χ1v) is 10.8. The summed E-state index contributed by atoms with van der Waals surface area (Å²) in [6.07, 6.45) is 0.994. The highest BCUT2D eigenvalue weighted by Crippen LogP contribution is 2.37. The van der Waals surface area contributed by atoms with Crippen LogP contribution in [0.3, 0.4) is 0 Å². The highest BCUT2D eigenvalue weighted by atomic mass is 35.5. The molecule has 29 heavy (non-hydrogen) atoms. The van der Waals surface area contributed by atoms with Gasteiger partial charge in [0.2, 0.25) is 15.9 Å². The van der Waals surface area contributed by atoms with Crippen LogP contribution in [-0.2, 0) is 21.9 Å². The number of hydrogen-bond donors (Lipinski definition) is 1. The van der Waals surface area contributed by atoms with Gasteiger partial charge in [-0.25, -0.2) is 8.42 Å². The summed E-state index contributed by atoms with van der Waals surface area (Å²) in [5.41, 5.74) is 1.67. The molecule has 1 amide bonds. The lowest BCUT2D eigenvalue weighted by molar-refractivity contribution is -0.116. The summed E-state index contributed by atoms with van der Waals surface area (Å²) in [7, 11) is -2.12. The molecule has 3 rings (SSSR count). The molecule has 0 aliphatic heterocycles. The molecular weight excluding hydrogens is 416 g/mol. The number of aromatic hydroxyl groups is 1. The third kappa shape index (κ3) is 4.10. The predicted octanol–water partition coefficient (Wildman–Crippen LogP) is 3.92. The lowest BCUT2D eigenvalue weighted by Crippen LogP contribution is -2.34. The zero-order valence-electron chi connectivity index (χ0n) is 16.0. The standard InChI is InChI=1S/C19H19ClN4O4S/c1-12-14(20)8-6-10-15(12)24(29(3,27)28)11-17(25)21-22-18-13-7-4-5-9-16(13)23(2)19(18)26/h4-10,26H,11H2,1-3H3. The lowest BCUT2D eigenvalue weighted by atomic mass is 10.2. The van der Waals surface area contributed by atoms with Crippen LogP contribution in [-0.4, -0.2) is 36.8 Å². The smallest absolute Gasteiger partial charge is 0.285 e. The van der Waals surface area contributed by atoms with Crippen molar-refractivity contribution in [2.45, 2.75) is 6.92 Å². The minimum atomic E-state index is -3.78. The minimum Gasteiger partial charge on any atom is -0.493 e. The van der Waals surface area contributed by atoms with E-state index in [2.05, 4.69) is 10.2 Å². The van der Waals surface area contributed by atoms with Gasteiger partial charge in [-0.1, -0.05) is 35.9 Å². The van der Waals surface area contributed by atoms with E-state index >= 15 is 0 Å². The van der Waals surface area contributed by atoms with Crippen LogP contribution in [0.15, 0.2) is 52.7 Å². The molecule has 8 nitrogen and oxygen atoms in total. The first kappa shape index (κ1) is 20.8. The Hall–Kier alpha value is -2.91. The maximum absolute atomic E-state index is 12.4. The summed E-state index contributed by atoms with van der Waals surface area (Å²) in [5.74, 6) is -0.935. The number of amides is 1. The van der Waals surface area contributed by atoms with Crippen molar-refractivity contribution in [3.8, 4) is 5.88 Å². The number of rotatable bonds is 5. The fourth-order valence-corrected chi connectivity index (χ4v) is 4.04. The van der Waals surface area contributed by atoms with Gasteiger partial charge in [-0.05, 0) is 30.7 Å². The molecule has 0 bridgehead atoms. The van der Waals surface area contributed by atoms with Crippen LogP contribution in [0.25, 0.3) is 10.9 Å². The summed E-state index contributed by atoms with van der Waals surface area (Å²) in [6, 6.07) is 11.9. The number of fused-ring (bicyclic) bond motifs is 1. The Balaban J connectivity index is 1.93. The average Bonchev–Trinajstić information content (AvgIpc) is 2.91. The van der Waals surface area contributed by atoms with Crippen molar-refractivity contribution in [2.75, 3.05) is 17.1 Å². The second-order valence-corrected chi connectivity index (χ2v) is 8.81. The maximum Gasteiger partial charge on any atom is 0.285 e. The molecule has 0 saturated heterocycles. The number of nitrogens with zero attached hydrogens (tertiary/aromatic N) is 4. The highest BCUT2D eigenvalue weighted by Gasteiger charge is 2.23. The molecule has 3 aromatic rings. The van der Waals surface area contributed by atoms with Crippen molar-refractivity contribution < 1.29 is 18.3 Å². The SMILES string of the molecule is Cc1c(Cl)cccc1N(CC(=O)N=Nc1c(O)n(C)c2ccccc12)S(C)(=O)=O. The van der Waals surface area contributed by atoms with Crippen LogP contribution in [0, 0.1) is 6.92 Å².